The first-order valence-corrected chi connectivity index (χ1v) is 5.51. The predicted octanol–water partition coefficient (Wildman–Crippen LogP) is 1.85. The van der Waals surface area contributed by atoms with Crippen LogP contribution in [0.1, 0.15) is 40.0 Å². The minimum absolute atomic E-state index is 0.369. The van der Waals surface area contributed by atoms with Crippen LogP contribution in [0, 0.1) is 5.41 Å². The van der Waals surface area contributed by atoms with Crippen molar-refractivity contribution in [1.29, 1.82) is 0 Å². The molecule has 0 spiro atoms. The summed E-state index contributed by atoms with van der Waals surface area (Å²) in [7, 11) is 0. The number of hydrogen-bond donors (Lipinski definition) is 1. The maximum atomic E-state index is 5.95. The van der Waals surface area contributed by atoms with Gasteiger partial charge in [0.2, 0.25) is 0 Å². The first-order valence-electron chi connectivity index (χ1n) is 5.51. The van der Waals surface area contributed by atoms with E-state index in [0.717, 1.165) is 13.0 Å². The van der Waals surface area contributed by atoms with E-state index in [1.807, 2.05) is 0 Å². The number of nitrogens with two attached hydrogens (primary N) is 1. The highest BCUT2D eigenvalue weighted by Crippen LogP contribution is 2.28. The van der Waals surface area contributed by atoms with Gasteiger partial charge >= 0.3 is 0 Å². The first kappa shape index (κ1) is 11.0. The Balaban J connectivity index is 2.34. The molecule has 0 saturated carbocycles. The molecule has 2 heteroatoms. The molecular weight excluding hydrogens is 160 g/mol. The Morgan fingerprint density at radius 2 is 2.15 bits per heavy atom. The molecule has 0 amide bonds. The van der Waals surface area contributed by atoms with Crippen LogP contribution in [0.25, 0.3) is 0 Å². The van der Waals surface area contributed by atoms with Crippen LogP contribution >= 0.6 is 0 Å². The largest absolute Gasteiger partial charge is 0.327 e. The molecule has 1 heterocycles. The number of nitrogens with zero attached hydrogens (tertiary/aromatic N) is 1. The van der Waals surface area contributed by atoms with Crippen LogP contribution in [0.3, 0.4) is 0 Å². The molecule has 1 aliphatic rings. The average molecular weight is 184 g/mol. The van der Waals surface area contributed by atoms with Crippen molar-refractivity contribution in [3.63, 3.8) is 0 Å². The monoisotopic (exact) mass is 184 g/mol. The molecule has 2 nitrogen and oxygen atoms in total. The minimum Gasteiger partial charge on any atom is -0.327 e. The highest BCUT2D eigenvalue weighted by atomic mass is 15.1. The van der Waals surface area contributed by atoms with Gasteiger partial charge in [-0.1, -0.05) is 20.8 Å². The lowest BCUT2D eigenvalue weighted by Crippen LogP contribution is -2.45. The summed E-state index contributed by atoms with van der Waals surface area (Å²) < 4.78 is 0. The maximum absolute atomic E-state index is 5.95. The summed E-state index contributed by atoms with van der Waals surface area (Å²) in [6, 6.07) is 0.369. The molecule has 1 aliphatic heterocycles. The zero-order chi connectivity index (χ0) is 9.90. The van der Waals surface area contributed by atoms with E-state index in [2.05, 4.69) is 25.7 Å². The quantitative estimate of drug-likeness (QED) is 0.725. The molecule has 13 heavy (non-hydrogen) atoms. The van der Waals surface area contributed by atoms with Crippen molar-refractivity contribution >= 4 is 0 Å². The number of piperidine rings is 1. The lowest BCUT2D eigenvalue weighted by atomic mass is 9.84. The standard InChI is InChI=1S/C11H24N2/c1-4-10(12)8-13-7-5-6-11(2,3)9-13/h10H,4-9,12H2,1-3H3. The van der Waals surface area contributed by atoms with Gasteiger partial charge in [0, 0.05) is 19.1 Å². The zero-order valence-electron chi connectivity index (χ0n) is 9.34. The van der Waals surface area contributed by atoms with Gasteiger partial charge in [0.05, 0.1) is 0 Å². The maximum Gasteiger partial charge on any atom is 0.0165 e. The summed E-state index contributed by atoms with van der Waals surface area (Å²) in [6.45, 7) is 10.4. The van der Waals surface area contributed by atoms with Gasteiger partial charge in [-0.05, 0) is 31.2 Å². The van der Waals surface area contributed by atoms with Gasteiger partial charge in [0.25, 0.3) is 0 Å². The van der Waals surface area contributed by atoms with Gasteiger partial charge in [0.15, 0.2) is 0 Å². The van der Waals surface area contributed by atoms with Crippen molar-refractivity contribution in [2.75, 3.05) is 19.6 Å². The molecule has 1 atom stereocenters. The second kappa shape index (κ2) is 4.43. The van der Waals surface area contributed by atoms with Gasteiger partial charge in [-0.3, -0.25) is 0 Å². The Morgan fingerprint density at radius 3 is 2.69 bits per heavy atom. The van der Waals surface area contributed by atoms with Crippen molar-refractivity contribution in [2.45, 2.75) is 46.1 Å². The average Bonchev–Trinajstić information content (AvgIpc) is 2.02. The topological polar surface area (TPSA) is 29.3 Å². The highest BCUT2D eigenvalue weighted by Gasteiger charge is 2.26. The van der Waals surface area contributed by atoms with Crippen molar-refractivity contribution in [2.24, 2.45) is 11.1 Å². The summed E-state index contributed by atoms with van der Waals surface area (Å²) in [6.07, 6.45) is 3.80. The van der Waals surface area contributed by atoms with Gasteiger partial charge < -0.3 is 10.6 Å². The van der Waals surface area contributed by atoms with E-state index in [1.54, 1.807) is 0 Å². The zero-order valence-corrected chi connectivity index (χ0v) is 9.34. The van der Waals surface area contributed by atoms with E-state index in [4.69, 9.17) is 5.73 Å². The van der Waals surface area contributed by atoms with Gasteiger partial charge in [-0.2, -0.15) is 0 Å². The molecule has 1 unspecified atom stereocenters. The molecule has 0 aromatic heterocycles. The summed E-state index contributed by atoms with van der Waals surface area (Å²) >= 11 is 0. The third kappa shape index (κ3) is 3.65. The molecular formula is C11H24N2. The van der Waals surface area contributed by atoms with E-state index in [1.165, 1.54) is 25.9 Å². The lowest BCUT2D eigenvalue weighted by Gasteiger charge is -2.39. The first-order chi connectivity index (χ1) is 6.03. The molecule has 1 saturated heterocycles. The van der Waals surface area contributed by atoms with Gasteiger partial charge in [-0.15, -0.1) is 0 Å². The molecule has 1 fully saturated rings. The highest BCUT2D eigenvalue weighted by molar-refractivity contribution is 4.81. The predicted molar refractivity (Wildman–Crippen MR) is 57.7 cm³/mol. The van der Waals surface area contributed by atoms with Gasteiger partial charge in [-0.25, -0.2) is 0 Å². The molecule has 0 aliphatic carbocycles. The summed E-state index contributed by atoms with van der Waals surface area (Å²) in [5.41, 5.74) is 6.46. The minimum atomic E-state index is 0.369. The van der Waals surface area contributed by atoms with Crippen LogP contribution in [0.15, 0.2) is 0 Å². The summed E-state index contributed by atoms with van der Waals surface area (Å²) in [5, 5.41) is 0. The van der Waals surface area contributed by atoms with Crippen LogP contribution in [-0.4, -0.2) is 30.6 Å². The fourth-order valence-electron chi connectivity index (χ4n) is 2.16. The van der Waals surface area contributed by atoms with Crippen molar-refractivity contribution < 1.29 is 0 Å². The Bertz CT molecular complexity index is 154. The van der Waals surface area contributed by atoms with Crippen LogP contribution in [0.2, 0.25) is 0 Å². The molecule has 0 aromatic rings. The Morgan fingerprint density at radius 1 is 1.46 bits per heavy atom. The van der Waals surface area contributed by atoms with Gasteiger partial charge in [0.1, 0.15) is 0 Å². The van der Waals surface area contributed by atoms with Crippen molar-refractivity contribution in [1.82, 2.24) is 4.90 Å². The SMILES string of the molecule is CCC(N)CN1CCCC(C)(C)C1. The third-order valence-corrected chi connectivity index (χ3v) is 3.00. The lowest BCUT2D eigenvalue weighted by molar-refractivity contribution is 0.111. The smallest absolute Gasteiger partial charge is 0.0165 e. The normalized spacial score (nSPS) is 25.8. The number of hydrogen-bond acceptors (Lipinski definition) is 2. The summed E-state index contributed by atoms with van der Waals surface area (Å²) in [5.74, 6) is 0. The van der Waals surface area contributed by atoms with Crippen LogP contribution in [0.5, 0.6) is 0 Å². The molecule has 0 bridgehead atoms. The van der Waals surface area contributed by atoms with Crippen molar-refractivity contribution in [3.05, 3.63) is 0 Å². The summed E-state index contributed by atoms with van der Waals surface area (Å²) in [4.78, 5) is 2.53. The fraction of sp³-hybridized carbons (Fsp3) is 1.00. The molecule has 0 radical (unpaired) electrons. The van der Waals surface area contributed by atoms with E-state index >= 15 is 0 Å². The van der Waals surface area contributed by atoms with E-state index in [0.29, 0.717) is 11.5 Å². The number of rotatable bonds is 3. The van der Waals surface area contributed by atoms with E-state index < -0.39 is 0 Å². The number of likely N-dealkylation sites (tertiary alicyclic amines) is 1. The molecule has 1 rings (SSSR count). The second-order valence-electron chi connectivity index (χ2n) is 5.17. The van der Waals surface area contributed by atoms with E-state index in [-0.39, 0.29) is 0 Å². The Kier molecular flexibility index (Phi) is 3.74. The molecule has 0 aromatic carbocycles. The second-order valence-corrected chi connectivity index (χ2v) is 5.17. The fourth-order valence-corrected chi connectivity index (χ4v) is 2.16. The van der Waals surface area contributed by atoms with Crippen LogP contribution in [-0.2, 0) is 0 Å². The van der Waals surface area contributed by atoms with Crippen LogP contribution in [0.4, 0.5) is 0 Å². The molecule has 78 valence electrons. The van der Waals surface area contributed by atoms with Crippen molar-refractivity contribution in [3.8, 4) is 0 Å². The van der Waals surface area contributed by atoms with Crippen LogP contribution < -0.4 is 5.73 Å². The molecule has 2 N–H and O–H groups in total. The Labute approximate surface area is 82.5 Å². The Hall–Kier alpha value is -0.0800. The third-order valence-electron chi connectivity index (χ3n) is 3.00. The van der Waals surface area contributed by atoms with E-state index in [9.17, 15) is 0 Å².